The van der Waals surface area contributed by atoms with E-state index >= 15 is 0 Å². The third-order valence-corrected chi connectivity index (χ3v) is 1.46. The highest BCUT2D eigenvalue weighted by Gasteiger charge is 2.23. The molecular weight excluding hydrogens is 130 g/mol. The van der Waals surface area contributed by atoms with E-state index in [4.69, 9.17) is 16.6 Å². The fourth-order valence-electron chi connectivity index (χ4n) is 0.642. The summed E-state index contributed by atoms with van der Waals surface area (Å²) in [5.41, 5.74) is 10.1. The van der Waals surface area contributed by atoms with Crippen LogP contribution in [-0.4, -0.2) is 16.9 Å². The first kappa shape index (κ1) is 12.5. The van der Waals surface area contributed by atoms with Crippen molar-refractivity contribution in [2.24, 2.45) is 11.5 Å². The molecule has 0 aliphatic heterocycles. The Bertz CT molecular complexity index is 83.1. The third kappa shape index (κ3) is 3.79. The molecule has 64 valence electrons. The van der Waals surface area contributed by atoms with Gasteiger partial charge in [0.2, 0.25) is 0 Å². The Morgan fingerprint density at radius 2 is 1.90 bits per heavy atom. The zero-order valence-corrected chi connectivity index (χ0v) is 6.80. The van der Waals surface area contributed by atoms with Crippen LogP contribution in [0.15, 0.2) is 0 Å². The minimum atomic E-state index is -0.894. The smallest absolute Gasteiger partial charge is 0.0900 e. The Labute approximate surface area is 62.2 Å². The van der Waals surface area contributed by atoms with Gasteiger partial charge in [0.15, 0.2) is 0 Å². The Morgan fingerprint density at radius 3 is 2.00 bits per heavy atom. The number of nitrogens with two attached hydrogens (primary N) is 2. The van der Waals surface area contributed by atoms with Crippen LogP contribution in [0.2, 0.25) is 0 Å². The normalized spacial score (nSPS) is 14.1. The van der Waals surface area contributed by atoms with Gasteiger partial charge in [0.1, 0.15) is 0 Å². The van der Waals surface area contributed by atoms with E-state index in [1.807, 2.05) is 6.92 Å². The van der Waals surface area contributed by atoms with Crippen LogP contribution in [0.25, 0.3) is 0 Å². The number of aliphatic hydroxyl groups is 1. The number of aliphatic hydroxyl groups excluding tert-OH is 1. The summed E-state index contributed by atoms with van der Waals surface area (Å²) in [7, 11) is 0. The molecule has 0 aliphatic rings. The van der Waals surface area contributed by atoms with Crippen molar-refractivity contribution in [2.45, 2.75) is 38.5 Å². The quantitative estimate of drug-likeness (QED) is 0.422. The van der Waals surface area contributed by atoms with Crippen molar-refractivity contribution >= 4 is 0 Å². The van der Waals surface area contributed by atoms with Gasteiger partial charge in [-0.1, -0.05) is 13.3 Å². The van der Waals surface area contributed by atoms with Crippen LogP contribution in [-0.2, 0) is 0 Å². The monoisotopic (exact) mass is 149 g/mol. The van der Waals surface area contributed by atoms with E-state index in [0.717, 1.165) is 6.42 Å². The van der Waals surface area contributed by atoms with Gasteiger partial charge >= 0.3 is 0 Å². The molecule has 0 aliphatic carbocycles. The van der Waals surface area contributed by atoms with Crippen LogP contribution in [0.1, 0.15) is 26.7 Å². The highest BCUT2D eigenvalue weighted by molar-refractivity contribution is 4.81. The van der Waals surface area contributed by atoms with Crippen molar-refractivity contribution in [3.63, 3.8) is 0 Å². The molecule has 0 spiro atoms. The van der Waals surface area contributed by atoms with Crippen LogP contribution in [0.3, 0.4) is 0 Å². The lowest BCUT2D eigenvalue weighted by atomic mass is 10.0. The van der Waals surface area contributed by atoms with E-state index in [1.165, 1.54) is 0 Å². The second-order valence-electron chi connectivity index (χ2n) is 2.54. The number of hydrogen-bond donors (Lipinski definition) is 4. The molecule has 0 aromatic heterocycles. The van der Waals surface area contributed by atoms with Crippen molar-refractivity contribution in [2.75, 3.05) is 0 Å². The van der Waals surface area contributed by atoms with Crippen LogP contribution < -0.4 is 17.6 Å². The highest BCUT2D eigenvalue weighted by atomic mass is 16.3. The van der Waals surface area contributed by atoms with Crippen LogP contribution in [0, 0.1) is 0 Å². The Hall–Kier alpha value is -0.160. The maximum absolute atomic E-state index is 8.96. The summed E-state index contributed by atoms with van der Waals surface area (Å²) in [4.78, 5) is 0. The molecule has 8 N–H and O–H groups in total. The number of hydrogen-bond acceptors (Lipinski definition) is 4. The van der Waals surface area contributed by atoms with Gasteiger partial charge in [-0.2, -0.15) is 0 Å². The predicted octanol–water partition coefficient (Wildman–Crippen LogP) is -0.0570. The van der Waals surface area contributed by atoms with Crippen molar-refractivity contribution in [1.29, 1.82) is 0 Å². The van der Waals surface area contributed by atoms with E-state index in [-0.39, 0.29) is 6.15 Å². The molecule has 0 radical (unpaired) electrons. The van der Waals surface area contributed by atoms with E-state index in [2.05, 4.69) is 0 Å². The lowest BCUT2D eigenvalue weighted by molar-refractivity contribution is 0.0975. The van der Waals surface area contributed by atoms with Gasteiger partial charge in [-0.25, -0.2) is 0 Å². The maximum Gasteiger partial charge on any atom is 0.0900 e. The Balaban J connectivity index is 0. The van der Waals surface area contributed by atoms with Crippen molar-refractivity contribution in [3.05, 3.63) is 0 Å². The van der Waals surface area contributed by atoms with Gasteiger partial charge < -0.3 is 22.7 Å². The molecule has 4 nitrogen and oxygen atoms in total. The zero-order valence-electron chi connectivity index (χ0n) is 6.80. The lowest BCUT2D eigenvalue weighted by Gasteiger charge is -2.26. The predicted molar refractivity (Wildman–Crippen MR) is 42.7 cm³/mol. The number of rotatable bonds is 3. The summed E-state index contributed by atoms with van der Waals surface area (Å²) < 4.78 is 0. The molecule has 0 bridgehead atoms. The fraction of sp³-hybridized carbons (Fsp3) is 1.00. The molecule has 10 heavy (non-hydrogen) atoms. The summed E-state index contributed by atoms with van der Waals surface area (Å²) in [6.07, 6.45) is 0.931. The van der Waals surface area contributed by atoms with E-state index in [9.17, 15) is 0 Å². The summed E-state index contributed by atoms with van der Waals surface area (Å²) in [6.45, 7) is 3.59. The summed E-state index contributed by atoms with van der Waals surface area (Å²) in [6, 6.07) is 0. The van der Waals surface area contributed by atoms with Gasteiger partial charge in [-0.05, 0) is 13.3 Å². The van der Waals surface area contributed by atoms with Gasteiger partial charge in [-0.15, -0.1) is 0 Å². The van der Waals surface area contributed by atoms with Crippen LogP contribution in [0.5, 0.6) is 0 Å². The lowest BCUT2D eigenvalue weighted by Crippen LogP contribution is -2.57. The molecule has 0 saturated carbocycles. The molecule has 4 heteroatoms. The Kier molecular flexibility index (Phi) is 5.78. The minimum absolute atomic E-state index is 0. The molecule has 0 heterocycles. The molecule has 0 aromatic carbocycles. The maximum atomic E-state index is 8.96. The van der Waals surface area contributed by atoms with Crippen molar-refractivity contribution in [3.8, 4) is 0 Å². The first-order valence-electron chi connectivity index (χ1n) is 3.26. The molecular formula is C6H19N3O. The zero-order chi connectivity index (χ0) is 7.49. The van der Waals surface area contributed by atoms with Crippen LogP contribution >= 0.6 is 0 Å². The standard InChI is InChI=1S/C6H16N2O.H3N/c1-3-4-6(7,8)5(2)9;/h5,9H,3-4,7-8H2,1-2H3;1H3. The molecule has 1 atom stereocenters. The largest absolute Gasteiger partial charge is 0.390 e. The second kappa shape index (κ2) is 4.62. The summed E-state index contributed by atoms with van der Waals surface area (Å²) in [5, 5.41) is 8.96. The average Bonchev–Trinajstić information content (AvgIpc) is 1.65. The molecule has 0 rings (SSSR count). The average molecular weight is 149 g/mol. The Morgan fingerprint density at radius 1 is 1.50 bits per heavy atom. The van der Waals surface area contributed by atoms with Crippen LogP contribution in [0.4, 0.5) is 0 Å². The van der Waals surface area contributed by atoms with E-state index < -0.39 is 11.8 Å². The molecule has 0 aromatic rings. The SMILES string of the molecule is CCCC(N)(N)C(C)O.N. The first-order chi connectivity index (χ1) is 4.00. The van der Waals surface area contributed by atoms with Gasteiger partial charge in [-0.3, -0.25) is 0 Å². The summed E-state index contributed by atoms with van der Waals surface area (Å²) in [5.74, 6) is 0. The molecule has 0 amide bonds. The molecule has 0 fully saturated rings. The van der Waals surface area contributed by atoms with Crippen molar-refractivity contribution in [1.82, 2.24) is 6.15 Å². The highest BCUT2D eigenvalue weighted by Crippen LogP contribution is 2.06. The fourth-order valence-corrected chi connectivity index (χ4v) is 0.642. The summed E-state index contributed by atoms with van der Waals surface area (Å²) >= 11 is 0. The van der Waals surface area contributed by atoms with Gasteiger partial charge in [0, 0.05) is 0 Å². The van der Waals surface area contributed by atoms with E-state index in [1.54, 1.807) is 6.92 Å². The van der Waals surface area contributed by atoms with E-state index in [0.29, 0.717) is 6.42 Å². The van der Waals surface area contributed by atoms with Gasteiger partial charge in [0.25, 0.3) is 0 Å². The second-order valence-corrected chi connectivity index (χ2v) is 2.54. The third-order valence-electron chi connectivity index (χ3n) is 1.46. The molecule has 1 unspecified atom stereocenters. The molecule has 0 saturated heterocycles. The minimum Gasteiger partial charge on any atom is -0.390 e. The first-order valence-corrected chi connectivity index (χ1v) is 3.26. The van der Waals surface area contributed by atoms with Gasteiger partial charge in [0.05, 0.1) is 11.8 Å². The van der Waals surface area contributed by atoms with Crippen molar-refractivity contribution < 1.29 is 5.11 Å². The topological polar surface area (TPSA) is 107 Å².